The Bertz CT molecular complexity index is 1330. The molecule has 0 aromatic rings. The Kier molecular flexibility index (Phi) is 41.7. The van der Waals surface area contributed by atoms with Gasteiger partial charge in [-0.3, -0.25) is 18.6 Å². The number of hydrogen-bond acceptors (Lipinski definition) is 8. The second-order valence-corrected chi connectivity index (χ2v) is 15.6. The molecule has 0 fully saturated rings. The van der Waals surface area contributed by atoms with Crippen molar-refractivity contribution in [1.29, 1.82) is 0 Å². The topological polar surface area (TPSA) is 134 Å². The van der Waals surface area contributed by atoms with Crippen LogP contribution in [-0.4, -0.2) is 49.3 Å². The second kappa shape index (κ2) is 44.2. The third-order valence-corrected chi connectivity index (χ3v) is 9.64. The summed E-state index contributed by atoms with van der Waals surface area (Å²) in [5.41, 5.74) is 5.35. The molecular weight excluding hydrogens is 762 g/mol. The fourth-order valence-corrected chi connectivity index (χ4v) is 6.18. The van der Waals surface area contributed by atoms with Crippen molar-refractivity contribution in [2.45, 2.75) is 161 Å². The van der Waals surface area contributed by atoms with Gasteiger partial charge in [0, 0.05) is 19.4 Å². The Labute approximate surface area is 359 Å². The molecule has 2 unspecified atom stereocenters. The fraction of sp³-hybridized carbons (Fsp3) is 0.592. The van der Waals surface area contributed by atoms with Crippen LogP contribution < -0.4 is 5.73 Å². The van der Waals surface area contributed by atoms with E-state index in [0.29, 0.717) is 12.8 Å². The van der Waals surface area contributed by atoms with Crippen LogP contribution in [-0.2, 0) is 32.7 Å². The molecule has 0 aliphatic heterocycles. The van der Waals surface area contributed by atoms with Crippen LogP contribution in [0.1, 0.15) is 155 Å². The molecule has 0 amide bonds. The third kappa shape index (κ3) is 44.1. The first-order valence-corrected chi connectivity index (χ1v) is 23.9. The molecule has 334 valence electrons. The molecule has 9 nitrogen and oxygen atoms in total. The lowest BCUT2D eigenvalue weighted by atomic mass is 10.1. The molecule has 3 N–H and O–H groups in total. The van der Waals surface area contributed by atoms with Gasteiger partial charge in [-0.2, -0.15) is 0 Å². The molecule has 0 saturated carbocycles. The molecule has 10 heteroatoms. The van der Waals surface area contributed by atoms with E-state index in [0.717, 1.165) is 116 Å². The Morgan fingerprint density at radius 1 is 0.508 bits per heavy atom. The summed E-state index contributed by atoms with van der Waals surface area (Å²) in [7, 11) is -4.40. The average molecular weight is 842 g/mol. The maximum Gasteiger partial charge on any atom is 0.472 e. The van der Waals surface area contributed by atoms with Gasteiger partial charge in [0.25, 0.3) is 0 Å². The number of allylic oxidation sites excluding steroid dienone is 18. The number of rotatable bonds is 40. The molecule has 0 aliphatic rings. The first kappa shape index (κ1) is 55.7. The lowest BCUT2D eigenvalue weighted by Gasteiger charge is -2.19. The van der Waals surface area contributed by atoms with Gasteiger partial charge in [0.15, 0.2) is 6.10 Å². The molecule has 2 atom stereocenters. The summed E-state index contributed by atoms with van der Waals surface area (Å²) >= 11 is 0. The summed E-state index contributed by atoms with van der Waals surface area (Å²) in [5.74, 6) is -0.894. The fourth-order valence-electron chi connectivity index (χ4n) is 5.41. The highest BCUT2D eigenvalue weighted by Crippen LogP contribution is 2.43. The van der Waals surface area contributed by atoms with E-state index >= 15 is 0 Å². The quantitative estimate of drug-likeness (QED) is 0.0267. The Morgan fingerprint density at radius 3 is 1.32 bits per heavy atom. The van der Waals surface area contributed by atoms with Gasteiger partial charge in [-0.25, -0.2) is 4.57 Å². The van der Waals surface area contributed by atoms with E-state index in [2.05, 4.69) is 123 Å². The Hall–Kier alpha value is -3.33. The highest BCUT2D eigenvalue weighted by Gasteiger charge is 2.26. The monoisotopic (exact) mass is 842 g/mol. The van der Waals surface area contributed by atoms with E-state index in [-0.39, 0.29) is 32.6 Å². The lowest BCUT2D eigenvalue weighted by Crippen LogP contribution is -2.29. The van der Waals surface area contributed by atoms with Gasteiger partial charge in [-0.05, 0) is 96.3 Å². The minimum atomic E-state index is -4.40. The molecule has 0 aromatic heterocycles. The number of hydrogen-bond donors (Lipinski definition) is 2. The molecular formula is C49H80NO8P. The van der Waals surface area contributed by atoms with Crippen molar-refractivity contribution in [3.05, 3.63) is 109 Å². The maximum atomic E-state index is 12.6. The average Bonchev–Trinajstić information content (AvgIpc) is 3.22. The molecule has 59 heavy (non-hydrogen) atoms. The summed E-state index contributed by atoms with van der Waals surface area (Å²) in [6, 6.07) is 0. The first-order chi connectivity index (χ1) is 28.8. The number of ether oxygens (including phenoxy) is 2. The molecule has 0 spiro atoms. The number of carbonyl (C=O) groups is 2. The highest BCUT2D eigenvalue weighted by atomic mass is 31.2. The van der Waals surface area contributed by atoms with E-state index in [1.54, 1.807) is 0 Å². The van der Waals surface area contributed by atoms with Crippen LogP contribution in [0.4, 0.5) is 0 Å². The largest absolute Gasteiger partial charge is 0.472 e. The minimum absolute atomic E-state index is 0.0387. The second-order valence-electron chi connectivity index (χ2n) is 14.1. The predicted molar refractivity (Wildman–Crippen MR) is 247 cm³/mol. The summed E-state index contributed by atoms with van der Waals surface area (Å²) in [6.07, 6.45) is 58.3. The highest BCUT2D eigenvalue weighted by molar-refractivity contribution is 7.47. The van der Waals surface area contributed by atoms with Gasteiger partial charge in [0.05, 0.1) is 13.2 Å². The van der Waals surface area contributed by atoms with Crippen LogP contribution in [0, 0.1) is 0 Å². The lowest BCUT2D eigenvalue weighted by molar-refractivity contribution is -0.161. The molecule has 0 rings (SSSR count). The normalized spacial score (nSPS) is 14.3. The number of phosphoric acid groups is 1. The van der Waals surface area contributed by atoms with Crippen LogP contribution in [0.5, 0.6) is 0 Å². The third-order valence-electron chi connectivity index (χ3n) is 8.65. The SMILES string of the molecule is CC/C=C\C/C=C\C/C=C\C/C=C\C/C=C\CCCCCC(=O)OC(COC(=O)CCCCCCCC/C=C\C/C=C\C/C=C\C/C=C\CC)COP(=O)(O)OCCN. The number of nitrogens with two attached hydrogens (primary N) is 1. The van der Waals surface area contributed by atoms with E-state index in [9.17, 15) is 19.0 Å². The van der Waals surface area contributed by atoms with Gasteiger partial charge in [-0.15, -0.1) is 0 Å². The standard InChI is InChI=1S/C49H80NO8P/c1-3-5-7-9-11-13-15-17-19-21-23-25-27-29-31-33-35-37-39-41-48(51)55-45-47(46-57-59(53,54)56-44-43-50)58-49(52)42-40-38-36-34-32-30-28-26-24-22-20-18-16-14-12-10-8-6-4-2/h5-8,11-14,17-20,23-26,30,32,47H,3-4,9-10,15-16,21-22,27-29,31,33-46,50H2,1-2H3,(H,53,54)/b7-5-,8-6-,13-11-,14-12-,19-17-,20-18-,25-23-,26-24-,32-30-. The predicted octanol–water partition coefficient (Wildman–Crippen LogP) is 13.2. The number of carbonyl (C=O) groups excluding carboxylic acids is 2. The molecule has 0 aromatic carbocycles. The van der Waals surface area contributed by atoms with Crippen LogP contribution in [0.3, 0.4) is 0 Å². The summed E-state index contributed by atoms with van der Waals surface area (Å²) in [4.78, 5) is 34.9. The first-order valence-electron chi connectivity index (χ1n) is 22.4. The molecule has 0 heterocycles. The molecule has 0 bridgehead atoms. The van der Waals surface area contributed by atoms with Crippen LogP contribution in [0.2, 0.25) is 0 Å². The van der Waals surface area contributed by atoms with Crippen molar-refractivity contribution < 1.29 is 37.6 Å². The Morgan fingerprint density at radius 2 is 0.881 bits per heavy atom. The van der Waals surface area contributed by atoms with Crippen molar-refractivity contribution in [2.75, 3.05) is 26.4 Å². The van der Waals surface area contributed by atoms with E-state index in [4.69, 9.17) is 24.3 Å². The zero-order chi connectivity index (χ0) is 43.2. The van der Waals surface area contributed by atoms with Gasteiger partial charge < -0.3 is 20.1 Å². The summed E-state index contributed by atoms with van der Waals surface area (Å²) < 4.78 is 32.8. The Balaban J connectivity index is 4.26. The maximum absolute atomic E-state index is 12.6. The van der Waals surface area contributed by atoms with Crippen LogP contribution in [0.25, 0.3) is 0 Å². The van der Waals surface area contributed by atoms with Gasteiger partial charge in [-0.1, -0.05) is 155 Å². The molecule has 0 radical (unpaired) electrons. The van der Waals surface area contributed by atoms with Gasteiger partial charge >= 0.3 is 19.8 Å². The van der Waals surface area contributed by atoms with Crippen molar-refractivity contribution >= 4 is 19.8 Å². The minimum Gasteiger partial charge on any atom is -0.462 e. The molecule has 0 saturated heterocycles. The zero-order valence-electron chi connectivity index (χ0n) is 36.7. The summed E-state index contributed by atoms with van der Waals surface area (Å²) in [6.45, 7) is 3.42. The van der Waals surface area contributed by atoms with Crippen molar-refractivity contribution in [1.82, 2.24) is 0 Å². The number of esters is 2. The summed E-state index contributed by atoms with van der Waals surface area (Å²) in [5, 5.41) is 0. The van der Waals surface area contributed by atoms with Crippen LogP contribution >= 0.6 is 7.82 Å². The van der Waals surface area contributed by atoms with Crippen molar-refractivity contribution in [3.63, 3.8) is 0 Å². The zero-order valence-corrected chi connectivity index (χ0v) is 37.6. The van der Waals surface area contributed by atoms with Crippen molar-refractivity contribution in [2.24, 2.45) is 5.73 Å². The van der Waals surface area contributed by atoms with Gasteiger partial charge in [0.2, 0.25) is 0 Å². The van der Waals surface area contributed by atoms with E-state index < -0.39 is 32.5 Å². The van der Waals surface area contributed by atoms with Crippen LogP contribution in [0.15, 0.2) is 109 Å². The van der Waals surface area contributed by atoms with Crippen molar-refractivity contribution in [3.8, 4) is 0 Å². The molecule has 0 aliphatic carbocycles. The number of phosphoric ester groups is 1. The van der Waals surface area contributed by atoms with E-state index in [1.165, 1.54) is 0 Å². The van der Waals surface area contributed by atoms with Gasteiger partial charge in [0.1, 0.15) is 6.61 Å². The smallest absolute Gasteiger partial charge is 0.462 e. The number of unbranched alkanes of at least 4 members (excludes halogenated alkanes) is 9. The van der Waals surface area contributed by atoms with E-state index in [1.807, 2.05) is 0 Å².